The van der Waals surface area contributed by atoms with Crippen molar-refractivity contribution >= 4 is 0 Å². The lowest BCUT2D eigenvalue weighted by Crippen LogP contribution is -2.38. The van der Waals surface area contributed by atoms with Crippen molar-refractivity contribution in [2.24, 2.45) is 29.5 Å². The highest BCUT2D eigenvalue weighted by atomic mass is 15.2. The zero-order valence-corrected chi connectivity index (χ0v) is 8.21. The highest BCUT2D eigenvalue weighted by molar-refractivity contribution is 5.06. The van der Waals surface area contributed by atoms with Gasteiger partial charge in [0.25, 0.3) is 0 Å². The Labute approximate surface area is 80.2 Å². The molecule has 0 aromatic rings. The summed E-state index contributed by atoms with van der Waals surface area (Å²) in [5, 5.41) is 0. The molecule has 3 rings (SSSR count). The van der Waals surface area contributed by atoms with Gasteiger partial charge in [0.15, 0.2) is 0 Å². The van der Waals surface area contributed by atoms with E-state index in [9.17, 15) is 0 Å². The van der Waals surface area contributed by atoms with Crippen LogP contribution in [0.5, 0.6) is 0 Å². The topological polar surface area (TPSA) is 38.0 Å². The second-order valence-corrected chi connectivity index (χ2v) is 5.29. The van der Waals surface area contributed by atoms with Gasteiger partial charge in [-0.25, -0.2) is 0 Å². The Hall–Kier alpha value is -0.0800. The van der Waals surface area contributed by atoms with Gasteiger partial charge in [0.2, 0.25) is 0 Å². The van der Waals surface area contributed by atoms with Crippen molar-refractivity contribution in [1.82, 2.24) is 5.43 Å². The van der Waals surface area contributed by atoms with Gasteiger partial charge in [0.05, 0.1) is 0 Å². The molecule has 0 aliphatic heterocycles. The van der Waals surface area contributed by atoms with Crippen LogP contribution in [0.2, 0.25) is 0 Å². The Bertz CT molecular complexity index is 190. The van der Waals surface area contributed by atoms with Gasteiger partial charge in [0.1, 0.15) is 0 Å². The SMILES string of the molecule is NNC(CC1CC1)C1C2CCCC21. The Balaban J connectivity index is 1.56. The maximum absolute atomic E-state index is 5.64. The normalized spacial score (nSPS) is 44.5. The fourth-order valence-corrected chi connectivity index (χ4v) is 3.52. The quantitative estimate of drug-likeness (QED) is 0.510. The minimum absolute atomic E-state index is 0.655. The molecule has 3 N–H and O–H groups in total. The smallest absolute Gasteiger partial charge is 0.0246 e. The third kappa shape index (κ3) is 1.40. The summed E-state index contributed by atoms with van der Waals surface area (Å²) in [5.74, 6) is 9.73. The van der Waals surface area contributed by atoms with Gasteiger partial charge < -0.3 is 0 Å². The maximum atomic E-state index is 5.64. The summed E-state index contributed by atoms with van der Waals surface area (Å²) < 4.78 is 0. The van der Waals surface area contributed by atoms with Crippen molar-refractivity contribution in [2.45, 2.75) is 44.6 Å². The molecule has 13 heavy (non-hydrogen) atoms. The van der Waals surface area contributed by atoms with Gasteiger partial charge in [-0.3, -0.25) is 11.3 Å². The largest absolute Gasteiger partial charge is 0.271 e. The summed E-state index contributed by atoms with van der Waals surface area (Å²) in [6.07, 6.45) is 8.72. The number of fused-ring (bicyclic) bond motifs is 1. The predicted octanol–water partition coefficient (Wildman–Crippen LogP) is 1.66. The van der Waals surface area contributed by atoms with Gasteiger partial charge in [-0.15, -0.1) is 0 Å². The number of hydrogen-bond acceptors (Lipinski definition) is 2. The van der Waals surface area contributed by atoms with Gasteiger partial charge in [0, 0.05) is 6.04 Å². The van der Waals surface area contributed by atoms with Crippen LogP contribution >= 0.6 is 0 Å². The van der Waals surface area contributed by atoms with Gasteiger partial charge in [-0.05, 0) is 42.9 Å². The zero-order valence-electron chi connectivity index (χ0n) is 8.21. The van der Waals surface area contributed by atoms with Crippen LogP contribution in [-0.2, 0) is 0 Å². The summed E-state index contributed by atoms with van der Waals surface area (Å²) >= 11 is 0. The van der Waals surface area contributed by atoms with Gasteiger partial charge in [-0.2, -0.15) is 0 Å². The van der Waals surface area contributed by atoms with Crippen molar-refractivity contribution in [3.63, 3.8) is 0 Å². The Morgan fingerprint density at radius 2 is 1.85 bits per heavy atom. The molecule has 0 amide bonds. The molecule has 0 heterocycles. The van der Waals surface area contributed by atoms with Crippen LogP contribution in [0.3, 0.4) is 0 Å². The van der Waals surface area contributed by atoms with E-state index in [0.717, 1.165) is 23.7 Å². The van der Waals surface area contributed by atoms with E-state index in [4.69, 9.17) is 5.84 Å². The van der Waals surface area contributed by atoms with Crippen LogP contribution in [0.4, 0.5) is 0 Å². The Morgan fingerprint density at radius 3 is 2.38 bits per heavy atom. The van der Waals surface area contributed by atoms with Crippen molar-refractivity contribution in [3.05, 3.63) is 0 Å². The second-order valence-electron chi connectivity index (χ2n) is 5.29. The van der Waals surface area contributed by atoms with E-state index in [1.54, 1.807) is 0 Å². The molecule has 0 saturated heterocycles. The summed E-state index contributed by atoms with van der Waals surface area (Å²) in [6.45, 7) is 0. The minimum atomic E-state index is 0.655. The molecule has 2 nitrogen and oxygen atoms in total. The van der Waals surface area contributed by atoms with Crippen LogP contribution in [0.15, 0.2) is 0 Å². The highest BCUT2D eigenvalue weighted by Crippen LogP contribution is 2.60. The molecular formula is C11H20N2. The van der Waals surface area contributed by atoms with Crippen LogP contribution in [0, 0.1) is 23.7 Å². The van der Waals surface area contributed by atoms with E-state index in [1.165, 1.54) is 38.5 Å². The number of nitrogens with one attached hydrogen (secondary N) is 1. The number of rotatable bonds is 4. The zero-order chi connectivity index (χ0) is 8.84. The van der Waals surface area contributed by atoms with E-state index in [-0.39, 0.29) is 0 Å². The molecule has 74 valence electrons. The molecule has 0 aromatic heterocycles. The number of hydrazine groups is 1. The lowest BCUT2D eigenvalue weighted by atomic mass is 10.00. The highest BCUT2D eigenvalue weighted by Gasteiger charge is 2.55. The van der Waals surface area contributed by atoms with E-state index in [2.05, 4.69) is 5.43 Å². The van der Waals surface area contributed by atoms with Crippen LogP contribution < -0.4 is 11.3 Å². The molecule has 3 fully saturated rings. The van der Waals surface area contributed by atoms with Gasteiger partial charge >= 0.3 is 0 Å². The summed E-state index contributed by atoms with van der Waals surface area (Å²) in [7, 11) is 0. The number of nitrogens with two attached hydrogens (primary N) is 1. The first-order chi connectivity index (χ1) is 6.40. The fourth-order valence-electron chi connectivity index (χ4n) is 3.52. The van der Waals surface area contributed by atoms with E-state index in [0.29, 0.717) is 6.04 Å². The maximum Gasteiger partial charge on any atom is 0.0246 e. The van der Waals surface area contributed by atoms with Gasteiger partial charge in [-0.1, -0.05) is 19.3 Å². The first-order valence-electron chi connectivity index (χ1n) is 5.86. The average Bonchev–Trinajstić information content (AvgIpc) is 3.03. The third-order valence-electron chi connectivity index (χ3n) is 4.44. The third-order valence-corrected chi connectivity index (χ3v) is 4.44. The van der Waals surface area contributed by atoms with Crippen LogP contribution in [0.25, 0.3) is 0 Å². The van der Waals surface area contributed by atoms with Crippen LogP contribution in [0.1, 0.15) is 38.5 Å². The molecule has 0 aromatic carbocycles. The molecule has 0 spiro atoms. The predicted molar refractivity (Wildman–Crippen MR) is 52.8 cm³/mol. The molecule has 2 heteroatoms. The van der Waals surface area contributed by atoms with E-state index < -0.39 is 0 Å². The minimum Gasteiger partial charge on any atom is -0.271 e. The first-order valence-corrected chi connectivity index (χ1v) is 5.86. The summed E-state index contributed by atoms with van der Waals surface area (Å²) in [6, 6.07) is 0.655. The molecule has 3 atom stereocenters. The molecule has 3 aliphatic rings. The number of hydrogen-bond donors (Lipinski definition) is 2. The van der Waals surface area contributed by atoms with Crippen molar-refractivity contribution in [1.29, 1.82) is 0 Å². The van der Waals surface area contributed by atoms with Crippen molar-refractivity contribution < 1.29 is 0 Å². The lowest BCUT2D eigenvalue weighted by Gasteiger charge is -2.17. The van der Waals surface area contributed by atoms with Crippen LogP contribution in [-0.4, -0.2) is 6.04 Å². The Kier molecular flexibility index (Phi) is 1.88. The van der Waals surface area contributed by atoms with Crippen molar-refractivity contribution in [2.75, 3.05) is 0 Å². The molecule has 3 unspecified atom stereocenters. The summed E-state index contributed by atoms with van der Waals surface area (Å²) in [5.41, 5.74) is 3.06. The molecule has 0 radical (unpaired) electrons. The Morgan fingerprint density at radius 1 is 1.15 bits per heavy atom. The fraction of sp³-hybridized carbons (Fsp3) is 1.00. The molecule has 3 aliphatic carbocycles. The molecular weight excluding hydrogens is 160 g/mol. The lowest BCUT2D eigenvalue weighted by molar-refractivity contribution is 0.376. The van der Waals surface area contributed by atoms with E-state index >= 15 is 0 Å². The second kappa shape index (κ2) is 2.96. The molecule has 0 bridgehead atoms. The monoisotopic (exact) mass is 180 g/mol. The first kappa shape index (κ1) is 8.25. The average molecular weight is 180 g/mol. The molecule has 3 saturated carbocycles. The van der Waals surface area contributed by atoms with E-state index in [1.807, 2.05) is 0 Å². The standard InChI is InChI=1S/C11H20N2/c12-13-10(6-7-4-5-7)11-8-2-1-3-9(8)11/h7-11,13H,1-6,12H2. The summed E-state index contributed by atoms with van der Waals surface area (Å²) in [4.78, 5) is 0. The van der Waals surface area contributed by atoms with Crippen molar-refractivity contribution in [3.8, 4) is 0 Å².